The molecule has 0 bridgehead atoms. The topological polar surface area (TPSA) is 43.4 Å². The predicted molar refractivity (Wildman–Crippen MR) is 51.8 cm³/mol. The zero-order valence-corrected chi connectivity index (χ0v) is 8.82. The average molecular weight is 213 g/mol. The number of carbonyl (C=O) groups is 2. The summed E-state index contributed by atoms with van der Waals surface area (Å²) in [6, 6.07) is 0. The monoisotopic (exact) mass is 212 g/mol. The van der Waals surface area contributed by atoms with E-state index in [9.17, 15) is 9.59 Å². The summed E-state index contributed by atoms with van der Waals surface area (Å²) in [5, 5.41) is -0.0162. The molecule has 0 rings (SSSR count). The van der Waals surface area contributed by atoms with Crippen LogP contribution in [0.3, 0.4) is 0 Å². The fraction of sp³-hybridized carbons (Fsp3) is 0.714. The Morgan fingerprint density at radius 3 is 1.92 bits per heavy atom. The second-order valence-electron chi connectivity index (χ2n) is 1.81. The second kappa shape index (κ2) is 10.8. The molecule has 0 saturated heterocycles. The first kappa shape index (κ1) is 14.3. The smallest absolute Gasteiger partial charge is 0.403 e. The van der Waals surface area contributed by atoms with Crippen LogP contribution < -0.4 is 0 Å². The third kappa shape index (κ3) is 22.6. The molecule has 0 radical (unpaired) electrons. The van der Waals surface area contributed by atoms with Crippen LogP contribution in [0.25, 0.3) is 0 Å². The molecule has 0 aromatic carbocycles. The fourth-order valence-electron chi connectivity index (χ4n) is 0.327. The summed E-state index contributed by atoms with van der Waals surface area (Å²) in [5.41, 5.74) is -0.738. The van der Waals surface area contributed by atoms with Gasteiger partial charge in [-0.05, 0) is 13.3 Å². The summed E-state index contributed by atoms with van der Waals surface area (Å²) in [6.07, 6.45) is 1.51. The van der Waals surface area contributed by atoms with Gasteiger partial charge in [0.15, 0.2) is 5.12 Å². The van der Waals surface area contributed by atoms with E-state index in [4.69, 9.17) is 11.6 Å². The molecule has 0 fully saturated rings. The molecule has 0 aliphatic heterocycles. The summed E-state index contributed by atoms with van der Waals surface area (Å²) in [6.45, 7) is 4.00. The van der Waals surface area contributed by atoms with E-state index < -0.39 is 5.43 Å². The lowest BCUT2D eigenvalue weighted by Crippen LogP contribution is -1.89. The third-order valence-electron chi connectivity index (χ3n) is 0.722. The van der Waals surface area contributed by atoms with Gasteiger partial charge in [0.2, 0.25) is 0 Å². The fourth-order valence-corrected chi connectivity index (χ4v) is 0.660. The molecule has 0 amide bonds. The highest BCUT2D eigenvalue weighted by Gasteiger charge is 1.86. The minimum Gasteiger partial charge on any atom is -0.454 e. The molecule has 72 valence electrons. The predicted octanol–water partition coefficient (Wildman–Crippen LogP) is 2.62. The minimum atomic E-state index is -0.738. The Kier molecular flexibility index (Phi) is 12.9. The molecule has 5 heteroatoms. The van der Waals surface area contributed by atoms with Crippen molar-refractivity contribution in [2.75, 3.05) is 6.61 Å². The Morgan fingerprint density at radius 1 is 1.42 bits per heavy atom. The summed E-state index contributed by atoms with van der Waals surface area (Å²) in [4.78, 5) is 19.5. The van der Waals surface area contributed by atoms with Gasteiger partial charge < -0.3 is 4.74 Å². The number of hydrogen-bond acceptors (Lipinski definition) is 3. The van der Waals surface area contributed by atoms with Crippen LogP contribution in [0.2, 0.25) is 0 Å². The number of halogens is 1. The SMILES string of the molecule is CCCC(=O)S.CCOC(=O)Cl. The van der Waals surface area contributed by atoms with Gasteiger partial charge in [-0.15, -0.1) is 12.6 Å². The maximum atomic E-state index is 9.91. The van der Waals surface area contributed by atoms with Crippen molar-refractivity contribution < 1.29 is 14.3 Å². The van der Waals surface area contributed by atoms with Crippen molar-refractivity contribution in [1.82, 2.24) is 0 Å². The van der Waals surface area contributed by atoms with E-state index in [-0.39, 0.29) is 5.12 Å². The molecule has 0 saturated carbocycles. The first-order valence-electron chi connectivity index (χ1n) is 3.58. The van der Waals surface area contributed by atoms with Gasteiger partial charge >= 0.3 is 5.43 Å². The molecule has 3 nitrogen and oxygen atoms in total. The molecular weight excluding hydrogens is 200 g/mol. The van der Waals surface area contributed by atoms with Gasteiger partial charge in [0, 0.05) is 18.0 Å². The van der Waals surface area contributed by atoms with Crippen LogP contribution in [0.15, 0.2) is 0 Å². The van der Waals surface area contributed by atoms with Crippen LogP contribution in [-0.4, -0.2) is 17.2 Å². The van der Waals surface area contributed by atoms with Gasteiger partial charge in [0.25, 0.3) is 0 Å². The van der Waals surface area contributed by atoms with Gasteiger partial charge in [0.05, 0.1) is 6.61 Å². The second-order valence-corrected chi connectivity index (χ2v) is 2.62. The van der Waals surface area contributed by atoms with Gasteiger partial charge in [-0.2, -0.15) is 0 Å². The van der Waals surface area contributed by atoms with Crippen molar-refractivity contribution in [1.29, 1.82) is 0 Å². The van der Waals surface area contributed by atoms with Crippen molar-refractivity contribution in [2.24, 2.45) is 0 Å². The van der Waals surface area contributed by atoms with Crippen LogP contribution in [0, 0.1) is 0 Å². The van der Waals surface area contributed by atoms with Crippen LogP contribution in [-0.2, 0) is 9.53 Å². The number of hydrogen-bond donors (Lipinski definition) is 1. The van der Waals surface area contributed by atoms with Crippen LogP contribution in [0.1, 0.15) is 26.7 Å². The Bertz CT molecular complexity index is 123. The molecule has 0 heterocycles. The highest BCUT2D eigenvalue weighted by atomic mass is 35.5. The van der Waals surface area contributed by atoms with E-state index in [1.165, 1.54) is 0 Å². The van der Waals surface area contributed by atoms with E-state index in [0.717, 1.165) is 6.42 Å². The van der Waals surface area contributed by atoms with Gasteiger partial charge in [-0.25, -0.2) is 4.79 Å². The maximum absolute atomic E-state index is 9.91. The average Bonchev–Trinajstić information content (AvgIpc) is 1.87. The van der Waals surface area contributed by atoms with Crippen LogP contribution in [0.5, 0.6) is 0 Å². The number of ether oxygens (including phenoxy) is 1. The Balaban J connectivity index is 0. The molecule has 0 aliphatic rings. The van der Waals surface area contributed by atoms with Crippen molar-refractivity contribution in [3.63, 3.8) is 0 Å². The Hall–Kier alpha value is -0.220. The van der Waals surface area contributed by atoms with Gasteiger partial charge in [-0.3, -0.25) is 4.79 Å². The van der Waals surface area contributed by atoms with Crippen molar-refractivity contribution >= 4 is 34.8 Å². The highest BCUT2D eigenvalue weighted by molar-refractivity contribution is 7.96. The van der Waals surface area contributed by atoms with E-state index in [1.807, 2.05) is 6.92 Å². The van der Waals surface area contributed by atoms with Crippen LogP contribution >= 0.6 is 24.2 Å². The molecule has 0 atom stereocenters. The molecule has 12 heavy (non-hydrogen) atoms. The van der Waals surface area contributed by atoms with Gasteiger partial charge in [0.1, 0.15) is 0 Å². The lowest BCUT2D eigenvalue weighted by molar-refractivity contribution is -0.110. The maximum Gasteiger partial charge on any atom is 0.403 e. The van der Waals surface area contributed by atoms with Crippen molar-refractivity contribution in [3.05, 3.63) is 0 Å². The number of rotatable bonds is 3. The summed E-state index contributed by atoms with van der Waals surface area (Å²) in [5.74, 6) is 0. The molecule has 0 unspecified atom stereocenters. The summed E-state index contributed by atoms with van der Waals surface area (Å²) >= 11 is 8.26. The quantitative estimate of drug-likeness (QED) is 0.578. The molecule has 0 aliphatic carbocycles. The van der Waals surface area contributed by atoms with E-state index >= 15 is 0 Å². The number of carbonyl (C=O) groups excluding carboxylic acids is 2. The standard InChI is InChI=1S/C4H8OS.C3H5ClO2/c1-2-3-4(5)6;1-2-6-3(4)5/h2-3H2,1H3,(H,5,6);2H2,1H3. The van der Waals surface area contributed by atoms with Crippen LogP contribution in [0.4, 0.5) is 4.79 Å². The molecular formula is C7H13ClO3S. The minimum absolute atomic E-state index is 0.0162. The largest absolute Gasteiger partial charge is 0.454 e. The first-order valence-corrected chi connectivity index (χ1v) is 4.41. The number of thiol groups is 1. The zero-order chi connectivity index (χ0) is 9.98. The normalized spacial score (nSPS) is 8.00. The van der Waals surface area contributed by atoms with E-state index in [2.05, 4.69) is 17.4 Å². The zero-order valence-electron chi connectivity index (χ0n) is 7.17. The molecule has 0 aromatic rings. The molecule has 0 aromatic heterocycles. The Labute approximate surface area is 82.8 Å². The van der Waals surface area contributed by atoms with Gasteiger partial charge in [-0.1, -0.05) is 6.92 Å². The lowest BCUT2D eigenvalue weighted by Gasteiger charge is -1.86. The third-order valence-corrected chi connectivity index (χ3v) is 1.05. The van der Waals surface area contributed by atoms with Crippen molar-refractivity contribution in [3.8, 4) is 0 Å². The lowest BCUT2D eigenvalue weighted by atomic mass is 10.4. The molecule has 0 spiro atoms. The van der Waals surface area contributed by atoms with Crippen molar-refractivity contribution in [2.45, 2.75) is 26.7 Å². The highest BCUT2D eigenvalue weighted by Crippen LogP contribution is 1.89. The summed E-state index contributed by atoms with van der Waals surface area (Å²) in [7, 11) is 0. The summed E-state index contributed by atoms with van der Waals surface area (Å²) < 4.78 is 4.17. The molecule has 0 N–H and O–H groups in total. The first-order chi connectivity index (χ1) is 5.54. The Morgan fingerprint density at radius 2 is 1.92 bits per heavy atom. The van der Waals surface area contributed by atoms with E-state index in [0.29, 0.717) is 13.0 Å². The van der Waals surface area contributed by atoms with E-state index in [1.54, 1.807) is 6.92 Å².